The van der Waals surface area contributed by atoms with Gasteiger partial charge in [-0.15, -0.1) is 0 Å². The van der Waals surface area contributed by atoms with Crippen LogP contribution in [0.15, 0.2) is 22.9 Å². The molecule has 0 radical (unpaired) electrons. The van der Waals surface area contributed by atoms with Gasteiger partial charge < -0.3 is 15.2 Å². The highest BCUT2D eigenvalue weighted by atomic mass is 79.9. The molecule has 7 nitrogen and oxygen atoms in total. The Labute approximate surface area is 129 Å². The molecule has 1 amide bonds. The number of ether oxygens (including phenoxy) is 1. The number of carboxylic acids is 1. The molecule has 0 aliphatic rings. The van der Waals surface area contributed by atoms with Crippen molar-refractivity contribution in [3.63, 3.8) is 0 Å². The Morgan fingerprint density at radius 2 is 2.14 bits per heavy atom. The molecule has 1 rings (SSSR count). The number of carboxylic acid groups (broad SMARTS) is 1. The third-order valence-corrected chi connectivity index (χ3v) is 3.00. The first-order valence-corrected chi connectivity index (χ1v) is 7.04. The third kappa shape index (κ3) is 5.90. The molecule has 0 aromatic carbocycles. The molecule has 0 fully saturated rings. The van der Waals surface area contributed by atoms with E-state index in [9.17, 15) is 14.4 Å². The van der Waals surface area contributed by atoms with Gasteiger partial charge >= 0.3 is 11.9 Å². The number of aliphatic carboxylic acids is 1. The SMILES string of the molecule is CCOC(=O)CC[C@H](NC(=O)c1ccc(Br)nc1)C(=O)O. The summed E-state index contributed by atoms with van der Waals surface area (Å²) in [7, 11) is 0. The second kappa shape index (κ2) is 8.35. The van der Waals surface area contributed by atoms with E-state index in [0.717, 1.165) is 0 Å². The molecule has 1 aromatic heterocycles. The molecule has 0 spiro atoms. The lowest BCUT2D eigenvalue weighted by Crippen LogP contribution is -2.41. The fourth-order valence-electron chi connectivity index (χ4n) is 1.50. The zero-order valence-electron chi connectivity index (χ0n) is 11.3. The predicted molar refractivity (Wildman–Crippen MR) is 76.7 cm³/mol. The molecular formula is C13H15BrN2O5. The van der Waals surface area contributed by atoms with Gasteiger partial charge in [-0.1, -0.05) is 0 Å². The first kappa shape index (κ1) is 17.1. The van der Waals surface area contributed by atoms with Crippen molar-refractivity contribution in [3.8, 4) is 0 Å². The predicted octanol–water partition coefficient (Wildman–Crippen LogP) is 1.37. The Kier molecular flexibility index (Phi) is 6.80. The van der Waals surface area contributed by atoms with Gasteiger partial charge in [0.05, 0.1) is 12.2 Å². The van der Waals surface area contributed by atoms with Gasteiger partial charge in [0, 0.05) is 12.6 Å². The van der Waals surface area contributed by atoms with Gasteiger partial charge in [0.1, 0.15) is 10.6 Å². The lowest BCUT2D eigenvalue weighted by Gasteiger charge is -2.14. The van der Waals surface area contributed by atoms with Crippen LogP contribution in [0.4, 0.5) is 0 Å². The molecule has 0 saturated carbocycles. The average Bonchev–Trinajstić information content (AvgIpc) is 2.43. The van der Waals surface area contributed by atoms with E-state index in [1.165, 1.54) is 12.3 Å². The zero-order valence-corrected chi connectivity index (χ0v) is 12.9. The number of amides is 1. The first-order chi connectivity index (χ1) is 9.93. The summed E-state index contributed by atoms with van der Waals surface area (Å²) in [6.07, 6.45) is 1.21. The summed E-state index contributed by atoms with van der Waals surface area (Å²) in [5.74, 6) is -2.27. The van der Waals surface area contributed by atoms with E-state index in [2.05, 4.69) is 26.2 Å². The van der Waals surface area contributed by atoms with Gasteiger partial charge in [-0.2, -0.15) is 0 Å². The standard InChI is InChI=1S/C13H15BrN2O5/c1-2-21-11(17)6-4-9(13(19)20)16-12(18)8-3-5-10(14)15-7-8/h3,5,7,9H,2,4,6H2,1H3,(H,16,18)(H,19,20)/t9-/m0/s1. The molecule has 2 N–H and O–H groups in total. The Bertz CT molecular complexity index is 518. The number of aromatic nitrogens is 1. The van der Waals surface area contributed by atoms with E-state index >= 15 is 0 Å². The fraction of sp³-hybridized carbons (Fsp3) is 0.385. The Hall–Kier alpha value is -1.96. The van der Waals surface area contributed by atoms with Gasteiger partial charge in [0.25, 0.3) is 5.91 Å². The van der Waals surface area contributed by atoms with Gasteiger partial charge in [-0.3, -0.25) is 9.59 Å². The molecule has 8 heteroatoms. The molecule has 0 saturated heterocycles. The number of hydrogen-bond acceptors (Lipinski definition) is 5. The number of esters is 1. The number of nitrogens with one attached hydrogen (secondary N) is 1. The van der Waals surface area contributed by atoms with Crippen LogP contribution in [-0.4, -0.2) is 40.6 Å². The lowest BCUT2D eigenvalue weighted by molar-refractivity contribution is -0.144. The largest absolute Gasteiger partial charge is 0.480 e. The molecule has 0 aliphatic heterocycles. The van der Waals surface area contributed by atoms with Crippen molar-refractivity contribution in [1.29, 1.82) is 0 Å². The molecule has 1 atom stereocenters. The molecule has 21 heavy (non-hydrogen) atoms. The smallest absolute Gasteiger partial charge is 0.326 e. The highest BCUT2D eigenvalue weighted by Crippen LogP contribution is 2.07. The topological polar surface area (TPSA) is 106 Å². The highest BCUT2D eigenvalue weighted by Gasteiger charge is 2.22. The van der Waals surface area contributed by atoms with E-state index in [1.54, 1.807) is 13.0 Å². The molecule has 0 aliphatic carbocycles. The van der Waals surface area contributed by atoms with E-state index in [1.807, 2.05) is 0 Å². The number of halogens is 1. The molecular weight excluding hydrogens is 344 g/mol. The number of rotatable bonds is 7. The van der Waals surface area contributed by atoms with Crippen molar-refractivity contribution >= 4 is 33.8 Å². The Morgan fingerprint density at radius 3 is 2.67 bits per heavy atom. The summed E-state index contributed by atoms with van der Waals surface area (Å²) >= 11 is 3.14. The van der Waals surface area contributed by atoms with Crippen LogP contribution < -0.4 is 5.32 Å². The van der Waals surface area contributed by atoms with Crippen LogP contribution in [0.25, 0.3) is 0 Å². The number of nitrogens with zero attached hydrogens (tertiary/aromatic N) is 1. The molecule has 0 bridgehead atoms. The summed E-state index contributed by atoms with van der Waals surface area (Å²) in [5.41, 5.74) is 0.237. The highest BCUT2D eigenvalue weighted by molar-refractivity contribution is 9.10. The number of carbonyl (C=O) groups excluding carboxylic acids is 2. The van der Waals surface area contributed by atoms with Crippen molar-refractivity contribution in [2.24, 2.45) is 0 Å². The molecule has 1 aromatic rings. The average molecular weight is 359 g/mol. The van der Waals surface area contributed by atoms with Crippen molar-refractivity contribution in [2.75, 3.05) is 6.61 Å². The van der Waals surface area contributed by atoms with Crippen LogP contribution in [0.2, 0.25) is 0 Å². The Morgan fingerprint density at radius 1 is 1.43 bits per heavy atom. The second-order valence-corrected chi connectivity index (χ2v) is 4.89. The van der Waals surface area contributed by atoms with Crippen molar-refractivity contribution in [3.05, 3.63) is 28.5 Å². The molecule has 114 valence electrons. The first-order valence-electron chi connectivity index (χ1n) is 6.25. The van der Waals surface area contributed by atoms with Crippen LogP contribution >= 0.6 is 15.9 Å². The van der Waals surface area contributed by atoms with Gasteiger partial charge in [-0.25, -0.2) is 9.78 Å². The molecule has 1 heterocycles. The number of hydrogen-bond donors (Lipinski definition) is 2. The zero-order chi connectivity index (χ0) is 15.8. The van der Waals surface area contributed by atoms with Crippen LogP contribution in [0.5, 0.6) is 0 Å². The summed E-state index contributed by atoms with van der Waals surface area (Å²) in [4.78, 5) is 38.1. The van der Waals surface area contributed by atoms with E-state index < -0.39 is 23.9 Å². The number of pyridine rings is 1. The fourth-order valence-corrected chi connectivity index (χ4v) is 1.74. The molecule has 0 unspecified atom stereocenters. The van der Waals surface area contributed by atoms with Gasteiger partial charge in [0.2, 0.25) is 0 Å². The van der Waals surface area contributed by atoms with E-state index in [0.29, 0.717) is 4.60 Å². The van der Waals surface area contributed by atoms with Crippen LogP contribution in [-0.2, 0) is 14.3 Å². The van der Waals surface area contributed by atoms with E-state index in [-0.39, 0.29) is 25.0 Å². The van der Waals surface area contributed by atoms with Crippen molar-refractivity contribution < 1.29 is 24.2 Å². The quantitative estimate of drug-likeness (QED) is 0.563. The minimum Gasteiger partial charge on any atom is -0.480 e. The van der Waals surface area contributed by atoms with E-state index in [4.69, 9.17) is 9.84 Å². The van der Waals surface area contributed by atoms with Crippen LogP contribution in [0.3, 0.4) is 0 Å². The minimum absolute atomic E-state index is 0.0378. The maximum absolute atomic E-state index is 11.9. The minimum atomic E-state index is -1.21. The lowest BCUT2D eigenvalue weighted by atomic mass is 10.1. The summed E-state index contributed by atoms with van der Waals surface area (Å²) in [6.45, 7) is 1.89. The van der Waals surface area contributed by atoms with Crippen molar-refractivity contribution in [1.82, 2.24) is 10.3 Å². The monoisotopic (exact) mass is 358 g/mol. The van der Waals surface area contributed by atoms with Crippen LogP contribution in [0.1, 0.15) is 30.1 Å². The number of carbonyl (C=O) groups is 3. The Balaban J connectivity index is 2.61. The summed E-state index contributed by atoms with van der Waals surface area (Å²) in [5, 5.41) is 11.4. The van der Waals surface area contributed by atoms with Gasteiger partial charge in [-0.05, 0) is 41.4 Å². The van der Waals surface area contributed by atoms with Crippen molar-refractivity contribution in [2.45, 2.75) is 25.8 Å². The maximum Gasteiger partial charge on any atom is 0.326 e. The summed E-state index contributed by atoms with van der Waals surface area (Å²) < 4.78 is 5.28. The maximum atomic E-state index is 11.9. The van der Waals surface area contributed by atoms with Gasteiger partial charge in [0.15, 0.2) is 0 Å². The summed E-state index contributed by atoms with van der Waals surface area (Å²) in [6, 6.07) is 1.92. The second-order valence-electron chi connectivity index (χ2n) is 4.08. The normalized spacial score (nSPS) is 11.5. The third-order valence-electron chi connectivity index (χ3n) is 2.54. The van der Waals surface area contributed by atoms with Crippen LogP contribution in [0, 0.1) is 0 Å².